The molecule has 1 aromatic heterocycles. The van der Waals surface area contributed by atoms with Gasteiger partial charge in [0.25, 0.3) is 5.91 Å². The first kappa shape index (κ1) is 11.9. The van der Waals surface area contributed by atoms with Gasteiger partial charge in [-0.3, -0.25) is 4.79 Å². The van der Waals surface area contributed by atoms with Crippen LogP contribution < -0.4 is 5.32 Å². The molecule has 0 spiro atoms. The van der Waals surface area contributed by atoms with E-state index >= 15 is 0 Å². The first-order chi connectivity index (χ1) is 8.70. The van der Waals surface area contributed by atoms with Crippen molar-refractivity contribution in [3.8, 4) is 6.07 Å². The van der Waals surface area contributed by atoms with Crippen molar-refractivity contribution < 1.29 is 9.21 Å². The lowest BCUT2D eigenvalue weighted by atomic mass is 10.1. The molecule has 0 saturated heterocycles. The second kappa shape index (κ2) is 5.19. The second-order valence-electron chi connectivity index (χ2n) is 3.90. The minimum Gasteiger partial charge on any atom is -0.467 e. The molecule has 0 unspecified atom stereocenters. The van der Waals surface area contributed by atoms with Gasteiger partial charge in [0.15, 0.2) is 0 Å². The van der Waals surface area contributed by atoms with E-state index in [9.17, 15) is 4.79 Å². The van der Waals surface area contributed by atoms with Gasteiger partial charge >= 0.3 is 0 Å². The molecule has 4 heteroatoms. The fraction of sp³-hybridized carbons (Fsp3) is 0.143. The second-order valence-corrected chi connectivity index (χ2v) is 3.90. The van der Waals surface area contributed by atoms with E-state index in [4.69, 9.17) is 9.68 Å². The third-order valence-electron chi connectivity index (χ3n) is 2.57. The number of carbonyl (C=O) groups is 1. The third kappa shape index (κ3) is 2.58. The molecule has 4 nitrogen and oxygen atoms in total. The zero-order valence-corrected chi connectivity index (χ0v) is 9.88. The molecule has 2 aromatic rings. The summed E-state index contributed by atoms with van der Waals surface area (Å²) < 4.78 is 5.21. The summed E-state index contributed by atoms with van der Waals surface area (Å²) in [5.41, 5.74) is 0.931. The highest BCUT2D eigenvalue weighted by molar-refractivity contribution is 5.94. The monoisotopic (exact) mass is 240 g/mol. The van der Waals surface area contributed by atoms with E-state index in [0.29, 0.717) is 16.9 Å². The number of nitriles is 1. The van der Waals surface area contributed by atoms with E-state index < -0.39 is 0 Å². The van der Waals surface area contributed by atoms with Crippen molar-refractivity contribution in [2.45, 2.75) is 13.0 Å². The van der Waals surface area contributed by atoms with Crippen LogP contribution in [0.2, 0.25) is 0 Å². The van der Waals surface area contributed by atoms with Crippen molar-refractivity contribution in [3.63, 3.8) is 0 Å². The van der Waals surface area contributed by atoms with Crippen molar-refractivity contribution in [2.75, 3.05) is 0 Å². The van der Waals surface area contributed by atoms with Crippen molar-refractivity contribution in [1.82, 2.24) is 5.32 Å². The van der Waals surface area contributed by atoms with E-state index in [2.05, 4.69) is 5.32 Å². The van der Waals surface area contributed by atoms with Gasteiger partial charge in [-0.1, -0.05) is 6.07 Å². The van der Waals surface area contributed by atoms with Crippen LogP contribution in [0.25, 0.3) is 0 Å². The number of nitrogens with zero attached hydrogens (tertiary/aromatic N) is 1. The van der Waals surface area contributed by atoms with E-state index in [1.54, 1.807) is 42.7 Å². The van der Waals surface area contributed by atoms with Gasteiger partial charge in [-0.15, -0.1) is 0 Å². The minimum absolute atomic E-state index is 0.210. The van der Waals surface area contributed by atoms with E-state index in [0.717, 1.165) is 0 Å². The lowest BCUT2D eigenvalue weighted by Gasteiger charge is -2.11. The predicted molar refractivity (Wildman–Crippen MR) is 65.7 cm³/mol. The van der Waals surface area contributed by atoms with Crippen LogP contribution in [-0.2, 0) is 0 Å². The summed E-state index contributed by atoms with van der Waals surface area (Å²) in [5, 5.41) is 11.6. The van der Waals surface area contributed by atoms with Crippen molar-refractivity contribution >= 4 is 5.91 Å². The van der Waals surface area contributed by atoms with Crippen LogP contribution >= 0.6 is 0 Å². The quantitative estimate of drug-likeness (QED) is 0.896. The molecule has 1 amide bonds. The highest BCUT2D eigenvalue weighted by Crippen LogP contribution is 2.13. The number of benzene rings is 1. The number of nitrogens with one attached hydrogen (secondary N) is 1. The van der Waals surface area contributed by atoms with Crippen molar-refractivity contribution in [1.29, 1.82) is 5.26 Å². The zero-order chi connectivity index (χ0) is 13.0. The Morgan fingerprint density at radius 2 is 2.22 bits per heavy atom. The summed E-state index contributed by atoms with van der Waals surface area (Å²) in [4.78, 5) is 12.0. The Morgan fingerprint density at radius 3 is 2.89 bits per heavy atom. The van der Waals surface area contributed by atoms with Gasteiger partial charge in [0.05, 0.1) is 23.9 Å². The SMILES string of the molecule is C[C@@H](NC(=O)c1cccc(C#N)c1)c1ccco1. The van der Waals surface area contributed by atoms with Gasteiger partial charge in [-0.2, -0.15) is 5.26 Å². The predicted octanol–water partition coefficient (Wildman–Crippen LogP) is 2.64. The lowest BCUT2D eigenvalue weighted by molar-refractivity contribution is 0.0935. The molecule has 90 valence electrons. The largest absolute Gasteiger partial charge is 0.467 e. The Morgan fingerprint density at radius 1 is 1.39 bits per heavy atom. The summed E-state index contributed by atoms with van der Waals surface area (Å²) >= 11 is 0. The number of carbonyl (C=O) groups excluding carboxylic acids is 1. The number of hydrogen-bond donors (Lipinski definition) is 1. The first-order valence-corrected chi connectivity index (χ1v) is 5.55. The molecule has 0 fully saturated rings. The summed E-state index contributed by atoms with van der Waals surface area (Å²) in [7, 11) is 0. The van der Waals surface area contributed by atoms with Crippen molar-refractivity contribution in [3.05, 3.63) is 59.5 Å². The van der Waals surface area contributed by atoms with Crippen LogP contribution in [0, 0.1) is 11.3 Å². The van der Waals surface area contributed by atoms with E-state index in [1.165, 1.54) is 0 Å². The molecule has 1 heterocycles. The Balaban J connectivity index is 2.10. The van der Waals surface area contributed by atoms with Gasteiger partial charge in [0.1, 0.15) is 5.76 Å². The van der Waals surface area contributed by atoms with Crippen LogP contribution in [0.1, 0.15) is 34.6 Å². The molecule has 1 aromatic carbocycles. The van der Waals surface area contributed by atoms with Crippen LogP contribution in [0.5, 0.6) is 0 Å². The van der Waals surface area contributed by atoms with E-state index in [1.807, 2.05) is 13.0 Å². The molecule has 0 aliphatic rings. The topological polar surface area (TPSA) is 66.0 Å². The molecule has 0 saturated carbocycles. The maximum Gasteiger partial charge on any atom is 0.251 e. The zero-order valence-electron chi connectivity index (χ0n) is 9.88. The number of hydrogen-bond acceptors (Lipinski definition) is 3. The van der Waals surface area contributed by atoms with Crippen LogP contribution in [0.3, 0.4) is 0 Å². The smallest absolute Gasteiger partial charge is 0.251 e. The van der Waals surface area contributed by atoms with Crippen LogP contribution in [0.15, 0.2) is 47.1 Å². The molecule has 1 N–H and O–H groups in total. The highest BCUT2D eigenvalue weighted by atomic mass is 16.3. The normalized spacial score (nSPS) is 11.6. The lowest BCUT2D eigenvalue weighted by Crippen LogP contribution is -2.26. The van der Waals surface area contributed by atoms with E-state index in [-0.39, 0.29) is 11.9 Å². The molecular formula is C14H12N2O2. The Kier molecular flexibility index (Phi) is 3.44. The molecule has 18 heavy (non-hydrogen) atoms. The van der Waals surface area contributed by atoms with Gasteiger partial charge in [0, 0.05) is 5.56 Å². The maximum absolute atomic E-state index is 12.0. The summed E-state index contributed by atoms with van der Waals surface area (Å²) in [6.45, 7) is 1.84. The molecule has 0 aliphatic carbocycles. The Bertz CT molecular complexity index is 582. The third-order valence-corrected chi connectivity index (χ3v) is 2.57. The average molecular weight is 240 g/mol. The molecule has 1 atom stereocenters. The molecule has 0 radical (unpaired) electrons. The average Bonchev–Trinajstić information content (AvgIpc) is 2.92. The Labute approximate surface area is 105 Å². The number of furan rings is 1. The standard InChI is InChI=1S/C14H12N2O2/c1-10(13-6-3-7-18-13)16-14(17)12-5-2-4-11(8-12)9-15/h2-8,10H,1H3,(H,16,17)/t10-/m1/s1. The summed E-state index contributed by atoms with van der Waals surface area (Å²) in [5.74, 6) is 0.468. The molecule has 0 bridgehead atoms. The van der Waals surface area contributed by atoms with Gasteiger partial charge in [0.2, 0.25) is 0 Å². The van der Waals surface area contributed by atoms with Crippen LogP contribution in [-0.4, -0.2) is 5.91 Å². The molecule has 0 aliphatic heterocycles. The number of rotatable bonds is 3. The minimum atomic E-state index is -0.226. The van der Waals surface area contributed by atoms with Crippen molar-refractivity contribution in [2.24, 2.45) is 0 Å². The summed E-state index contributed by atoms with van der Waals surface area (Å²) in [6, 6.07) is 11.9. The fourth-order valence-corrected chi connectivity index (χ4v) is 1.62. The number of amides is 1. The summed E-state index contributed by atoms with van der Waals surface area (Å²) in [6.07, 6.45) is 1.56. The van der Waals surface area contributed by atoms with Gasteiger partial charge in [-0.25, -0.2) is 0 Å². The highest BCUT2D eigenvalue weighted by Gasteiger charge is 2.13. The molecule has 2 rings (SSSR count). The first-order valence-electron chi connectivity index (χ1n) is 5.55. The van der Waals surface area contributed by atoms with Gasteiger partial charge in [-0.05, 0) is 37.3 Å². The fourth-order valence-electron chi connectivity index (χ4n) is 1.62. The maximum atomic E-state index is 12.0. The van der Waals surface area contributed by atoms with Gasteiger partial charge < -0.3 is 9.73 Å². The molecular weight excluding hydrogens is 228 g/mol. The van der Waals surface area contributed by atoms with Crippen LogP contribution in [0.4, 0.5) is 0 Å². The Hall–Kier alpha value is -2.54.